The normalized spacial score (nSPS) is 31.4. The number of ether oxygens (including phenoxy) is 1. The van der Waals surface area contributed by atoms with Gasteiger partial charge in [0, 0.05) is 25.7 Å². The summed E-state index contributed by atoms with van der Waals surface area (Å²) in [6.07, 6.45) is 4.48. The van der Waals surface area contributed by atoms with Gasteiger partial charge in [-0.15, -0.1) is 0 Å². The molecule has 1 N–H and O–H groups in total. The van der Waals surface area contributed by atoms with Crippen molar-refractivity contribution in [1.29, 1.82) is 0 Å². The van der Waals surface area contributed by atoms with Gasteiger partial charge in [-0.3, -0.25) is 0 Å². The fourth-order valence-corrected chi connectivity index (χ4v) is 2.68. The highest BCUT2D eigenvalue weighted by molar-refractivity contribution is 4.79. The molecular weight excluding hydrogens is 193 g/mol. The molecule has 0 bridgehead atoms. The lowest BCUT2D eigenvalue weighted by atomic mass is 9.86. The number of piperidine rings is 1. The topological polar surface area (TPSA) is 21.3 Å². The summed E-state index contributed by atoms with van der Waals surface area (Å²) in [6.45, 7) is 3.62. The maximum atomic E-state index is 14.0. The quantitative estimate of drug-likeness (QED) is 0.779. The predicted octanol–water partition coefficient (Wildman–Crippen LogP) is 2.14. The summed E-state index contributed by atoms with van der Waals surface area (Å²) in [5.41, 5.74) is 0. The Hall–Kier alpha value is -0.150. The molecule has 15 heavy (non-hydrogen) atoms. The Morgan fingerprint density at radius 1 is 1.27 bits per heavy atom. The Labute approximate surface area is 91.6 Å². The van der Waals surface area contributed by atoms with E-state index in [4.69, 9.17) is 4.74 Å². The highest BCUT2D eigenvalue weighted by Gasteiger charge is 2.26. The molecule has 0 aliphatic carbocycles. The number of hydrogen-bond acceptors (Lipinski definition) is 2. The number of hydrogen-bond donors (Lipinski definition) is 1. The Morgan fingerprint density at radius 2 is 2.07 bits per heavy atom. The highest BCUT2D eigenvalue weighted by Crippen LogP contribution is 2.27. The first-order chi connectivity index (χ1) is 7.36. The fourth-order valence-electron chi connectivity index (χ4n) is 2.68. The molecule has 2 atom stereocenters. The summed E-state index contributed by atoms with van der Waals surface area (Å²) in [5.74, 6) is 0.831. The predicted molar refractivity (Wildman–Crippen MR) is 58.6 cm³/mol. The second-order valence-electron chi connectivity index (χ2n) is 4.91. The zero-order chi connectivity index (χ0) is 10.5. The van der Waals surface area contributed by atoms with Crippen LogP contribution in [0.15, 0.2) is 0 Å². The van der Waals surface area contributed by atoms with Crippen LogP contribution in [0.4, 0.5) is 4.39 Å². The van der Waals surface area contributed by atoms with Crippen LogP contribution in [0.5, 0.6) is 0 Å². The average Bonchev–Trinajstić information content (AvgIpc) is 2.31. The van der Waals surface area contributed by atoms with Crippen molar-refractivity contribution in [2.45, 2.75) is 38.3 Å². The molecule has 2 saturated heterocycles. The zero-order valence-corrected chi connectivity index (χ0v) is 9.38. The van der Waals surface area contributed by atoms with Crippen molar-refractivity contribution >= 4 is 0 Å². The van der Waals surface area contributed by atoms with Crippen LogP contribution in [-0.2, 0) is 4.74 Å². The van der Waals surface area contributed by atoms with Crippen LogP contribution in [0.1, 0.15) is 32.1 Å². The van der Waals surface area contributed by atoms with E-state index in [0.29, 0.717) is 5.92 Å². The summed E-state index contributed by atoms with van der Waals surface area (Å²) in [4.78, 5) is 0. The summed E-state index contributed by atoms with van der Waals surface area (Å²) in [5, 5.41) is 3.29. The maximum Gasteiger partial charge on any atom is 0.104 e. The zero-order valence-electron chi connectivity index (χ0n) is 9.38. The second-order valence-corrected chi connectivity index (χ2v) is 4.91. The van der Waals surface area contributed by atoms with Gasteiger partial charge in [0.15, 0.2) is 0 Å². The molecule has 2 unspecified atom stereocenters. The van der Waals surface area contributed by atoms with E-state index in [-0.39, 0.29) is 5.92 Å². The van der Waals surface area contributed by atoms with Gasteiger partial charge in [0.2, 0.25) is 0 Å². The Kier molecular flexibility index (Phi) is 4.39. The highest BCUT2D eigenvalue weighted by atomic mass is 19.1. The van der Waals surface area contributed by atoms with E-state index in [2.05, 4.69) is 5.32 Å². The number of halogens is 1. The van der Waals surface area contributed by atoms with Gasteiger partial charge in [-0.25, -0.2) is 4.39 Å². The molecule has 0 aromatic heterocycles. The van der Waals surface area contributed by atoms with Crippen molar-refractivity contribution in [3.63, 3.8) is 0 Å². The molecule has 0 saturated carbocycles. The van der Waals surface area contributed by atoms with Gasteiger partial charge >= 0.3 is 0 Å². The minimum Gasteiger partial charge on any atom is -0.381 e. The first kappa shape index (κ1) is 11.3. The Morgan fingerprint density at radius 3 is 2.73 bits per heavy atom. The van der Waals surface area contributed by atoms with Gasteiger partial charge in [0.05, 0.1) is 0 Å². The first-order valence-corrected chi connectivity index (χ1v) is 6.29. The molecule has 3 heteroatoms. The molecule has 0 aromatic rings. The molecule has 2 heterocycles. The van der Waals surface area contributed by atoms with Gasteiger partial charge in [0.25, 0.3) is 0 Å². The molecule has 0 aromatic carbocycles. The SMILES string of the molecule is FC(CC1CCOCC1)C1CCCNC1. The lowest BCUT2D eigenvalue weighted by molar-refractivity contribution is 0.0475. The van der Waals surface area contributed by atoms with Crippen LogP contribution in [0, 0.1) is 11.8 Å². The average molecular weight is 215 g/mol. The summed E-state index contributed by atoms with van der Waals surface area (Å²) in [7, 11) is 0. The van der Waals surface area contributed by atoms with E-state index >= 15 is 0 Å². The molecule has 2 nitrogen and oxygen atoms in total. The van der Waals surface area contributed by atoms with Crippen LogP contribution in [0.2, 0.25) is 0 Å². The fraction of sp³-hybridized carbons (Fsp3) is 1.00. The van der Waals surface area contributed by atoms with E-state index in [1.807, 2.05) is 0 Å². The lowest BCUT2D eigenvalue weighted by Gasteiger charge is -2.29. The van der Waals surface area contributed by atoms with Crippen LogP contribution >= 0.6 is 0 Å². The molecular formula is C12H22FNO. The molecule has 0 radical (unpaired) electrons. The van der Waals surface area contributed by atoms with Gasteiger partial charge in [-0.05, 0) is 44.6 Å². The third-order valence-electron chi connectivity index (χ3n) is 3.75. The second kappa shape index (κ2) is 5.80. The first-order valence-electron chi connectivity index (χ1n) is 6.29. The molecule has 88 valence electrons. The summed E-state index contributed by atoms with van der Waals surface area (Å²) >= 11 is 0. The monoisotopic (exact) mass is 215 g/mol. The van der Waals surface area contributed by atoms with Crippen molar-refractivity contribution < 1.29 is 9.13 Å². The van der Waals surface area contributed by atoms with Gasteiger partial charge < -0.3 is 10.1 Å². The Balaban J connectivity index is 1.72. The summed E-state index contributed by atoms with van der Waals surface area (Å²) < 4.78 is 19.3. The van der Waals surface area contributed by atoms with Gasteiger partial charge in [-0.1, -0.05) is 0 Å². The van der Waals surface area contributed by atoms with Crippen molar-refractivity contribution in [2.75, 3.05) is 26.3 Å². The molecule has 0 spiro atoms. The standard InChI is InChI=1S/C12H22FNO/c13-12(11-2-1-5-14-9-11)8-10-3-6-15-7-4-10/h10-12,14H,1-9H2. The van der Waals surface area contributed by atoms with Gasteiger partial charge in [-0.2, -0.15) is 0 Å². The number of nitrogens with one attached hydrogen (secondary N) is 1. The van der Waals surface area contributed by atoms with E-state index < -0.39 is 6.17 Å². The van der Waals surface area contributed by atoms with Gasteiger partial charge in [0.1, 0.15) is 6.17 Å². The third-order valence-corrected chi connectivity index (χ3v) is 3.75. The van der Waals surface area contributed by atoms with Crippen molar-refractivity contribution in [3.8, 4) is 0 Å². The Bertz CT molecular complexity index is 176. The number of rotatable bonds is 3. The van der Waals surface area contributed by atoms with Crippen molar-refractivity contribution in [1.82, 2.24) is 5.32 Å². The third kappa shape index (κ3) is 3.42. The van der Waals surface area contributed by atoms with E-state index in [1.54, 1.807) is 0 Å². The maximum absolute atomic E-state index is 14.0. The lowest BCUT2D eigenvalue weighted by Crippen LogP contribution is -2.36. The van der Waals surface area contributed by atoms with E-state index in [1.165, 1.54) is 0 Å². The molecule has 0 amide bonds. The molecule has 2 aliphatic rings. The minimum absolute atomic E-state index is 0.265. The van der Waals surface area contributed by atoms with E-state index in [9.17, 15) is 4.39 Å². The van der Waals surface area contributed by atoms with Crippen LogP contribution in [0.3, 0.4) is 0 Å². The van der Waals surface area contributed by atoms with Crippen molar-refractivity contribution in [3.05, 3.63) is 0 Å². The molecule has 2 aliphatic heterocycles. The summed E-state index contributed by atoms with van der Waals surface area (Å²) in [6, 6.07) is 0. The van der Waals surface area contributed by atoms with Crippen LogP contribution < -0.4 is 5.32 Å². The molecule has 2 rings (SSSR count). The van der Waals surface area contributed by atoms with Crippen LogP contribution in [0.25, 0.3) is 0 Å². The van der Waals surface area contributed by atoms with Crippen molar-refractivity contribution in [2.24, 2.45) is 11.8 Å². The molecule has 2 fully saturated rings. The largest absolute Gasteiger partial charge is 0.381 e. The van der Waals surface area contributed by atoms with E-state index in [0.717, 1.165) is 58.4 Å². The number of alkyl halides is 1. The van der Waals surface area contributed by atoms with Crippen LogP contribution in [-0.4, -0.2) is 32.5 Å². The smallest absolute Gasteiger partial charge is 0.104 e. The minimum atomic E-state index is -0.596.